The van der Waals surface area contributed by atoms with Gasteiger partial charge in [-0.2, -0.15) is 0 Å². The smallest absolute Gasteiger partial charge is 0.335 e. The van der Waals surface area contributed by atoms with Gasteiger partial charge in [-0.15, -0.1) is 0 Å². The van der Waals surface area contributed by atoms with Gasteiger partial charge in [-0.05, 0) is 69.5 Å². The lowest BCUT2D eigenvalue weighted by molar-refractivity contribution is -0.122. The highest BCUT2D eigenvalue weighted by molar-refractivity contribution is 9.10. The molecular formula is C27H21BrN2O5. The molecular weight excluding hydrogens is 512 g/mol. The highest BCUT2D eigenvalue weighted by atomic mass is 79.9. The average molecular weight is 533 g/mol. The lowest BCUT2D eigenvalue weighted by atomic mass is 10.1. The molecule has 0 aliphatic carbocycles. The van der Waals surface area contributed by atoms with Crippen LogP contribution in [-0.2, 0) is 16.2 Å². The fourth-order valence-corrected chi connectivity index (χ4v) is 3.87. The molecule has 1 saturated heterocycles. The minimum Gasteiger partial charge on any atom is -0.489 e. The highest BCUT2D eigenvalue weighted by Gasteiger charge is 2.36. The number of carbonyl (C=O) groups excluding carboxylic acids is 3. The van der Waals surface area contributed by atoms with Gasteiger partial charge in [0.05, 0.1) is 10.2 Å². The number of urea groups is 1. The maximum absolute atomic E-state index is 13.1. The molecule has 1 fully saturated rings. The molecule has 1 heterocycles. The number of carbonyl (C=O) groups is 3. The van der Waals surface area contributed by atoms with E-state index in [-0.39, 0.29) is 5.57 Å². The summed E-state index contributed by atoms with van der Waals surface area (Å²) in [5, 5.41) is 2.22. The summed E-state index contributed by atoms with van der Waals surface area (Å²) in [5.74, 6) is -0.308. The lowest BCUT2D eigenvalue weighted by Crippen LogP contribution is -2.54. The first kappa shape index (κ1) is 24.0. The molecule has 1 aliphatic heterocycles. The molecule has 0 bridgehead atoms. The van der Waals surface area contributed by atoms with Gasteiger partial charge in [-0.25, -0.2) is 9.69 Å². The van der Waals surface area contributed by atoms with Crippen LogP contribution in [0.3, 0.4) is 0 Å². The Bertz CT molecular complexity index is 1300. The van der Waals surface area contributed by atoms with E-state index in [1.807, 2.05) is 30.3 Å². The zero-order chi connectivity index (χ0) is 24.8. The molecule has 0 atom stereocenters. The zero-order valence-corrected chi connectivity index (χ0v) is 20.2. The standard InChI is InChI=1S/C27H21BrN2O5/c1-2-14-34-24-13-8-19(16-23(24)28)15-22-25(31)29-27(33)30(26(22)32)20-9-11-21(12-10-20)35-17-18-6-4-3-5-7-18/h2-13,15-16H,1,14,17H2,(H,29,31,33)/b22-15+. The van der Waals surface area contributed by atoms with Crippen molar-refractivity contribution in [1.82, 2.24) is 5.32 Å². The van der Waals surface area contributed by atoms with E-state index >= 15 is 0 Å². The molecule has 0 saturated carbocycles. The molecule has 8 heteroatoms. The summed E-state index contributed by atoms with van der Waals surface area (Å²) in [6.45, 7) is 4.34. The summed E-state index contributed by atoms with van der Waals surface area (Å²) in [6.07, 6.45) is 3.05. The predicted octanol–water partition coefficient (Wildman–Crippen LogP) is 5.26. The van der Waals surface area contributed by atoms with E-state index in [0.29, 0.717) is 40.4 Å². The van der Waals surface area contributed by atoms with Gasteiger partial charge < -0.3 is 9.47 Å². The Morgan fingerprint density at radius 1 is 0.943 bits per heavy atom. The van der Waals surface area contributed by atoms with Crippen LogP contribution in [0.4, 0.5) is 10.5 Å². The molecule has 176 valence electrons. The van der Waals surface area contributed by atoms with Crippen molar-refractivity contribution in [2.24, 2.45) is 0 Å². The Kier molecular flexibility index (Phi) is 7.42. The lowest BCUT2D eigenvalue weighted by Gasteiger charge is -2.26. The van der Waals surface area contributed by atoms with E-state index in [4.69, 9.17) is 9.47 Å². The number of amides is 4. The SMILES string of the molecule is C=CCOc1ccc(/C=C2\C(=O)NC(=O)N(c3ccc(OCc4ccccc4)cc3)C2=O)cc1Br. The molecule has 0 spiro atoms. The van der Waals surface area contributed by atoms with Crippen LogP contribution in [0, 0.1) is 0 Å². The Labute approximate surface area is 210 Å². The van der Waals surface area contributed by atoms with E-state index < -0.39 is 17.8 Å². The number of hydrogen-bond acceptors (Lipinski definition) is 5. The largest absolute Gasteiger partial charge is 0.489 e. The maximum atomic E-state index is 13.1. The first-order valence-electron chi connectivity index (χ1n) is 10.7. The Morgan fingerprint density at radius 3 is 2.37 bits per heavy atom. The van der Waals surface area contributed by atoms with E-state index in [1.165, 1.54) is 6.08 Å². The second-order valence-corrected chi connectivity index (χ2v) is 8.37. The van der Waals surface area contributed by atoms with Crippen molar-refractivity contribution < 1.29 is 23.9 Å². The third kappa shape index (κ3) is 5.67. The fraction of sp³-hybridized carbons (Fsp3) is 0.0741. The quantitative estimate of drug-likeness (QED) is 0.243. The molecule has 4 amide bonds. The summed E-state index contributed by atoms with van der Waals surface area (Å²) in [6, 6.07) is 20.5. The van der Waals surface area contributed by atoms with Crippen LogP contribution in [0.1, 0.15) is 11.1 Å². The van der Waals surface area contributed by atoms with Gasteiger partial charge in [0, 0.05) is 0 Å². The Balaban J connectivity index is 1.52. The second-order valence-electron chi connectivity index (χ2n) is 7.52. The van der Waals surface area contributed by atoms with E-state index in [2.05, 4.69) is 27.8 Å². The van der Waals surface area contributed by atoms with Gasteiger partial charge in [-0.3, -0.25) is 14.9 Å². The van der Waals surface area contributed by atoms with Gasteiger partial charge >= 0.3 is 6.03 Å². The van der Waals surface area contributed by atoms with Gasteiger partial charge in [0.15, 0.2) is 0 Å². The summed E-state index contributed by atoms with van der Waals surface area (Å²) in [5.41, 5.74) is 1.75. The second kappa shape index (κ2) is 10.8. The molecule has 7 nitrogen and oxygen atoms in total. The maximum Gasteiger partial charge on any atom is 0.335 e. The van der Waals surface area contributed by atoms with Crippen LogP contribution in [0.25, 0.3) is 6.08 Å². The number of imide groups is 2. The minimum atomic E-state index is -0.815. The summed E-state index contributed by atoms with van der Waals surface area (Å²) in [4.78, 5) is 39.0. The number of ether oxygens (including phenoxy) is 2. The van der Waals surface area contributed by atoms with Crippen molar-refractivity contribution in [1.29, 1.82) is 0 Å². The summed E-state index contributed by atoms with van der Waals surface area (Å²) in [7, 11) is 0. The van der Waals surface area contributed by atoms with Crippen LogP contribution < -0.4 is 19.7 Å². The van der Waals surface area contributed by atoms with Gasteiger partial charge in [0.1, 0.15) is 30.3 Å². The van der Waals surface area contributed by atoms with Crippen LogP contribution in [0.15, 0.2) is 95.5 Å². The predicted molar refractivity (Wildman–Crippen MR) is 136 cm³/mol. The number of halogens is 1. The van der Waals surface area contributed by atoms with Crippen LogP contribution >= 0.6 is 15.9 Å². The topological polar surface area (TPSA) is 84.9 Å². The van der Waals surface area contributed by atoms with Crippen molar-refractivity contribution in [2.45, 2.75) is 6.61 Å². The van der Waals surface area contributed by atoms with Gasteiger partial charge in [0.2, 0.25) is 0 Å². The zero-order valence-electron chi connectivity index (χ0n) is 18.6. The Hall–Kier alpha value is -4.17. The summed E-state index contributed by atoms with van der Waals surface area (Å²) < 4.78 is 11.9. The molecule has 1 N–H and O–H groups in total. The molecule has 3 aromatic rings. The normalized spacial score (nSPS) is 14.6. The molecule has 4 rings (SSSR count). The van der Waals surface area contributed by atoms with E-state index in [0.717, 1.165) is 10.5 Å². The van der Waals surface area contributed by atoms with Crippen LogP contribution in [0.2, 0.25) is 0 Å². The number of hydrogen-bond donors (Lipinski definition) is 1. The third-order valence-electron chi connectivity index (χ3n) is 5.07. The molecule has 0 unspecified atom stereocenters. The van der Waals surface area contributed by atoms with Gasteiger partial charge in [0.25, 0.3) is 11.8 Å². The monoisotopic (exact) mass is 532 g/mol. The minimum absolute atomic E-state index is 0.166. The van der Waals surface area contributed by atoms with Crippen molar-refractivity contribution in [3.63, 3.8) is 0 Å². The molecule has 1 aliphatic rings. The molecule has 0 aromatic heterocycles. The number of barbiturate groups is 1. The number of benzene rings is 3. The first-order chi connectivity index (χ1) is 17.0. The summed E-state index contributed by atoms with van der Waals surface area (Å²) >= 11 is 3.41. The van der Waals surface area contributed by atoms with Crippen molar-refractivity contribution in [3.8, 4) is 11.5 Å². The van der Waals surface area contributed by atoms with Gasteiger partial charge in [-0.1, -0.05) is 49.1 Å². The van der Waals surface area contributed by atoms with Crippen molar-refractivity contribution >= 4 is 45.5 Å². The average Bonchev–Trinajstić information content (AvgIpc) is 2.86. The number of nitrogens with one attached hydrogen (secondary N) is 1. The van der Waals surface area contributed by atoms with Crippen molar-refractivity contribution in [3.05, 3.63) is 107 Å². The van der Waals surface area contributed by atoms with E-state index in [1.54, 1.807) is 48.5 Å². The number of anilines is 1. The fourth-order valence-electron chi connectivity index (χ4n) is 3.36. The number of nitrogens with zero attached hydrogens (tertiary/aromatic N) is 1. The molecule has 35 heavy (non-hydrogen) atoms. The first-order valence-corrected chi connectivity index (χ1v) is 11.5. The Morgan fingerprint density at radius 2 is 1.69 bits per heavy atom. The third-order valence-corrected chi connectivity index (χ3v) is 5.69. The van der Waals surface area contributed by atoms with Crippen molar-refractivity contribution in [2.75, 3.05) is 11.5 Å². The molecule has 0 radical (unpaired) electrons. The van der Waals surface area contributed by atoms with Crippen LogP contribution in [0.5, 0.6) is 11.5 Å². The number of rotatable bonds is 8. The highest BCUT2D eigenvalue weighted by Crippen LogP contribution is 2.29. The molecule has 3 aromatic carbocycles. The van der Waals surface area contributed by atoms with E-state index in [9.17, 15) is 14.4 Å². The van der Waals surface area contributed by atoms with Crippen LogP contribution in [-0.4, -0.2) is 24.5 Å².